The second-order valence-electron chi connectivity index (χ2n) is 6.04. The van der Waals surface area contributed by atoms with Gasteiger partial charge in [-0.25, -0.2) is 0 Å². The molecule has 1 spiro atoms. The van der Waals surface area contributed by atoms with Crippen LogP contribution in [0.4, 0.5) is 0 Å². The van der Waals surface area contributed by atoms with E-state index in [9.17, 15) is 5.11 Å². The smallest absolute Gasteiger partial charge is 0.0821 e. The van der Waals surface area contributed by atoms with E-state index in [0.29, 0.717) is 10.0 Å². The number of ether oxygens (including phenoxy) is 1. The van der Waals surface area contributed by atoms with Crippen molar-refractivity contribution in [2.75, 3.05) is 18.1 Å². The minimum absolute atomic E-state index is 0.0164. The fourth-order valence-corrected chi connectivity index (χ4v) is 5.22. The van der Waals surface area contributed by atoms with Crippen molar-refractivity contribution in [3.8, 4) is 0 Å². The molecule has 2 heterocycles. The maximum atomic E-state index is 10.7. The number of hydrogen-bond acceptors (Lipinski definition) is 3. The molecule has 21 heavy (non-hydrogen) atoms. The van der Waals surface area contributed by atoms with E-state index in [1.165, 1.54) is 0 Å². The zero-order valence-electron chi connectivity index (χ0n) is 11.9. The van der Waals surface area contributed by atoms with Gasteiger partial charge in [-0.3, -0.25) is 0 Å². The summed E-state index contributed by atoms with van der Waals surface area (Å²) in [7, 11) is 0. The Kier molecular flexibility index (Phi) is 5.07. The average Bonchev–Trinajstić information content (AvgIpc) is 2.46. The molecule has 1 aromatic rings. The Morgan fingerprint density at radius 2 is 1.86 bits per heavy atom. The molecule has 1 N–H and O–H groups in total. The number of benzene rings is 1. The lowest BCUT2D eigenvalue weighted by Crippen LogP contribution is -2.44. The van der Waals surface area contributed by atoms with E-state index in [0.717, 1.165) is 49.4 Å². The minimum Gasteiger partial charge on any atom is -0.388 e. The van der Waals surface area contributed by atoms with Crippen LogP contribution in [-0.2, 0) is 4.74 Å². The molecule has 2 atom stereocenters. The van der Waals surface area contributed by atoms with Gasteiger partial charge in [0, 0.05) is 16.7 Å². The fraction of sp³-hybridized carbons (Fsp3) is 0.625. The van der Waals surface area contributed by atoms with Crippen LogP contribution in [0.15, 0.2) is 18.2 Å². The van der Waals surface area contributed by atoms with Crippen molar-refractivity contribution in [1.82, 2.24) is 0 Å². The van der Waals surface area contributed by atoms with E-state index >= 15 is 0 Å². The first-order chi connectivity index (χ1) is 10.1. The highest BCUT2D eigenvalue weighted by molar-refractivity contribution is 7.99. The van der Waals surface area contributed by atoms with E-state index in [1.54, 1.807) is 6.07 Å². The molecule has 2 aliphatic rings. The Morgan fingerprint density at radius 1 is 1.19 bits per heavy atom. The number of aliphatic hydroxyl groups is 1. The first-order valence-electron chi connectivity index (χ1n) is 7.44. The van der Waals surface area contributed by atoms with E-state index in [4.69, 9.17) is 27.9 Å². The molecule has 1 aromatic carbocycles. The highest BCUT2D eigenvalue weighted by Gasteiger charge is 2.41. The van der Waals surface area contributed by atoms with Gasteiger partial charge in [-0.1, -0.05) is 23.2 Å². The van der Waals surface area contributed by atoms with Crippen LogP contribution in [0.3, 0.4) is 0 Å². The van der Waals surface area contributed by atoms with Crippen LogP contribution in [0.25, 0.3) is 0 Å². The molecular formula is C16H20Cl2O2S. The normalized spacial score (nSPS) is 26.7. The second kappa shape index (κ2) is 6.67. The van der Waals surface area contributed by atoms with Crippen LogP contribution in [0.5, 0.6) is 0 Å². The van der Waals surface area contributed by atoms with E-state index in [2.05, 4.69) is 0 Å². The van der Waals surface area contributed by atoms with Gasteiger partial charge in [-0.2, -0.15) is 11.8 Å². The molecular weight excluding hydrogens is 327 g/mol. The Labute approximate surface area is 140 Å². The Bertz CT molecular complexity index is 477. The Morgan fingerprint density at radius 3 is 2.52 bits per heavy atom. The topological polar surface area (TPSA) is 29.5 Å². The van der Waals surface area contributed by atoms with Gasteiger partial charge in [-0.05, 0) is 66.9 Å². The van der Waals surface area contributed by atoms with Gasteiger partial charge in [0.05, 0.1) is 11.7 Å². The molecule has 2 aliphatic heterocycles. The van der Waals surface area contributed by atoms with E-state index in [-0.39, 0.29) is 11.5 Å². The summed E-state index contributed by atoms with van der Waals surface area (Å²) in [6.07, 6.45) is 3.49. The summed E-state index contributed by atoms with van der Waals surface area (Å²) < 4.78 is 6.09. The van der Waals surface area contributed by atoms with Crippen LogP contribution < -0.4 is 0 Å². The zero-order valence-corrected chi connectivity index (χ0v) is 14.2. The molecule has 5 heteroatoms. The summed E-state index contributed by atoms with van der Waals surface area (Å²) >= 11 is 14.1. The molecule has 2 nitrogen and oxygen atoms in total. The minimum atomic E-state index is -0.517. The van der Waals surface area contributed by atoms with Crippen LogP contribution >= 0.6 is 35.0 Å². The Balaban J connectivity index is 1.76. The largest absolute Gasteiger partial charge is 0.388 e. The van der Waals surface area contributed by atoms with Crippen molar-refractivity contribution in [2.24, 2.45) is 5.92 Å². The lowest BCUT2D eigenvalue weighted by molar-refractivity contribution is -0.121. The summed E-state index contributed by atoms with van der Waals surface area (Å²) in [5, 5.41) is 11.9. The number of thioether (sulfide) groups is 1. The second-order valence-corrected chi connectivity index (χ2v) is 8.14. The van der Waals surface area contributed by atoms with E-state index in [1.807, 2.05) is 23.9 Å². The molecule has 0 bridgehead atoms. The summed E-state index contributed by atoms with van der Waals surface area (Å²) in [5.74, 6) is 2.54. The lowest BCUT2D eigenvalue weighted by atomic mass is 9.78. The quantitative estimate of drug-likeness (QED) is 0.839. The van der Waals surface area contributed by atoms with Crippen LogP contribution in [0.1, 0.15) is 37.4 Å². The third-order valence-corrected chi connectivity index (χ3v) is 6.03. The third-order valence-electron chi connectivity index (χ3n) is 4.61. The summed E-state index contributed by atoms with van der Waals surface area (Å²) in [6.45, 7) is 0.737. The zero-order chi connectivity index (χ0) is 14.9. The van der Waals surface area contributed by atoms with Gasteiger partial charge in [-0.15, -0.1) is 0 Å². The standard InChI is InChI=1S/C16H20Cl2O2S/c17-13-7-12(8-14(18)9-13)15(19)11-1-4-20-16(10-11)2-5-21-6-3-16/h7-9,11,15,19H,1-6,10H2. The van der Waals surface area contributed by atoms with Crippen molar-refractivity contribution in [2.45, 2.75) is 37.4 Å². The highest BCUT2D eigenvalue weighted by atomic mass is 35.5. The molecule has 2 fully saturated rings. The predicted octanol–water partition coefficient (Wildman–Crippen LogP) is 4.72. The lowest BCUT2D eigenvalue weighted by Gasteiger charge is -2.44. The molecule has 0 radical (unpaired) electrons. The van der Waals surface area contributed by atoms with Gasteiger partial charge >= 0.3 is 0 Å². The van der Waals surface area contributed by atoms with Gasteiger partial charge in [0.15, 0.2) is 0 Å². The van der Waals surface area contributed by atoms with Gasteiger partial charge in [0.1, 0.15) is 0 Å². The van der Waals surface area contributed by atoms with Gasteiger partial charge in [0.25, 0.3) is 0 Å². The van der Waals surface area contributed by atoms with Gasteiger partial charge < -0.3 is 9.84 Å². The molecule has 0 amide bonds. The predicted molar refractivity (Wildman–Crippen MR) is 89.4 cm³/mol. The summed E-state index contributed by atoms with van der Waals surface area (Å²) in [6, 6.07) is 5.33. The summed E-state index contributed by atoms with van der Waals surface area (Å²) in [4.78, 5) is 0. The summed E-state index contributed by atoms with van der Waals surface area (Å²) in [5.41, 5.74) is 0.803. The molecule has 0 aromatic heterocycles. The van der Waals surface area contributed by atoms with Crippen molar-refractivity contribution in [3.05, 3.63) is 33.8 Å². The fourth-order valence-electron chi connectivity index (χ4n) is 3.45. The highest BCUT2D eigenvalue weighted by Crippen LogP contribution is 2.44. The van der Waals surface area contributed by atoms with Crippen LogP contribution in [0.2, 0.25) is 10.0 Å². The monoisotopic (exact) mass is 346 g/mol. The number of rotatable bonds is 2. The van der Waals surface area contributed by atoms with Crippen molar-refractivity contribution >= 4 is 35.0 Å². The third kappa shape index (κ3) is 3.70. The number of aliphatic hydroxyl groups excluding tert-OH is 1. The van der Waals surface area contributed by atoms with Crippen LogP contribution in [-0.4, -0.2) is 28.8 Å². The molecule has 2 unspecified atom stereocenters. The van der Waals surface area contributed by atoms with Crippen molar-refractivity contribution < 1.29 is 9.84 Å². The number of halogens is 2. The molecule has 0 saturated carbocycles. The first kappa shape index (κ1) is 15.9. The maximum absolute atomic E-state index is 10.7. The molecule has 3 rings (SSSR count). The molecule has 116 valence electrons. The average molecular weight is 347 g/mol. The Hall–Kier alpha value is 0.0700. The van der Waals surface area contributed by atoms with Crippen molar-refractivity contribution in [3.63, 3.8) is 0 Å². The molecule has 2 saturated heterocycles. The maximum Gasteiger partial charge on any atom is 0.0821 e. The SMILES string of the molecule is OC(c1cc(Cl)cc(Cl)c1)C1CCOC2(CCSCC2)C1. The molecule has 0 aliphatic carbocycles. The first-order valence-corrected chi connectivity index (χ1v) is 9.35. The van der Waals surface area contributed by atoms with Crippen molar-refractivity contribution in [1.29, 1.82) is 0 Å². The van der Waals surface area contributed by atoms with E-state index < -0.39 is 6.10 Å². The number of hydrogen-bond donors (Lipinski definition) is 1. The van der Waals surface area contributed by atoms with Crippen LogP contribution in [0, 0.1) is 5.92 Å². The van der Waals surface area contributed by atoms with Gasteiger partial charge in [0.2, 0.25) is 0 Å².